The summed E-state index contributed by atoms with van der Waals surface area (Å²) >= 11 is 0.964. The lowest BCUT2D eigenvalue weighted by molar-refractivity contribution is -0.105. The van der Waals surface area contributed by atoms with E-state index in [1.807, 2.05) is 0 Å². The van der Waals surface area contributed by atoms with Gasteiger partial charge < -0.3 is 10.2 Å². The highest BCUT2D eigenvalue weighted by atomic mass is 32.1. The molecule has 8 heteroatoms. The van der Waals surface area contributed by atoms with Gasteiger partial charge in [-0.25, -0.2) is 0 Å². The predicted molar refractivity (Wildman–Crippen MR) is 74.4 cm³/mol. The molecule has 7 nitrogen and oxygen atoms in total. The van der Waals surface area contributed by atoms with E-state index in [0.717, 1.165) is 37.2 Å². The summed E-state index contributed by atoms with van der Waals surface area (Å²) in [5, 5.41) is 6.47. The van der Waals surface area contributed by atoms with Gasteiger partial charge in [-0.1, -0.05) is 18.0 Å². The second-order valence-corrected chi connectivity index (χ2v) is 5.20. The molecule has 1 radical (unpaired) electrons. The van der Waals surface area contributed by atoms with E-state index in [1.165, 1.54) is 12.8 Å². The topological polar surface area (TPSA) is 93.5 Å². The minimum atomic E-state index is -0.0792. The number of carbonyl (C=O) groups is 1. The van der Waals surface area contributed by atoms with E-state index in [9.17, 15) is 9.59 Å². The van der Waals surface area contributed by atoms with Gasteiger partial charge in [0.2, 0.25) is 17.4 Å². The normalized spacial score (nSPS) is 17.3. The van der Waals surface area contributed by atoms with Crippen molar-refractivity contribution in [3.63, 3.8) is 0 Å². The summed E-state index contributed by atoms with van der Waals surface area (Å²) in [4.78, 5) is 30.5. The zero-order chi connectivity index (χ0) is 14.2. The molecule has 0 aromatic carbocycles. The third-order valence-corrected chi connectivity index (χ3v) is 3.66. The van der Waals surface area contributed by atoms with Gasteiger partial charge in [0.25, 0.3) is 6.29 Å². The molecule has 0 aliphatic heterocycles. The van der Waals surface area contributed by atoms with Gasteiger partial charge in [0.15, 0.2) is 5.71 Å². The fourth-order valence-corrected chi connectivity index (χ4v) is 2.54. The third-order valence-electron chi connectivity index (χ3n) is 3.01. The number of amides is 1. The molecule has 107 valence electrons. The molecule has 0 saturated heterocycles. The van der Waals surface area contributed by atoms with E-state index in [0.29, 0.717) is 11.5 Å². The van der Waals surface area contributed by atoms with Crippen molar-refractivity contribution in [2.24, 2.45) is 5.16 Å². The first kappa shape index (κ1) is 14.6. The Morgan fingerprint density at radius 1 is 1.40 bits per heavy atom. The van der Waals surface area contributed by atoms with Crippen LogP contribution in [0.4, 0.5) is 5.13 Å². The first-order valence-corrected chi connectivity index (χ1v) is 7.27. The van der Waals surface area contributed by atoms with Crippen LogP contribution in [-0.2, 0) is 14.4 Å². The molecule has 1 N–H and O–H groups in total. The Morgan fingerprint density at radius 3 is 2.80 bits per heavy atom. The first-order chi connectivity index (χ1) is 9.83. The average Bonchev–Trinajstić information content (AvgIpc) is 2.75. The molecule has 1 aliphatic carbocycles. The van der Waals surface area contributed by atoms with Crippen LogP contribution in [0.3, 0.4) is 0 Å². The van der Waals surface area contributed by atoms with Crippen LogP contribution in [0.2, 0.25) is 0 Å². The highest BCUT2D eigenvalue weighted by Crippen LogP contribution is 2.20. The van der Waals surface area contributed by atoms with E-state index >= 15 is 0 Å². The summed E-state index contributed by atoms with van der Waals surface area (Å²) < 4.78 is 3.92. The highest BCUT2D eigenvalue weighted by Gasteiger charge is 2.16. The Labute approximate surface area is 120 Å². The molecule has 0 unspecified atom stereocenters. The standard InChI is InChI=1S/C12H15N4O3S/c17-7-10(11-14-12(13-8-18)20-16-11)15-19-9-5-3-1-2-4-6-9/h8-9H,1-6H2,(H,13,14,16,18). The monoisotopic (exact) mass is 295 g/mol. The summed E-state index contributed by atoms with van der Waals surface area (Å²) in [6.45, 7) is 0. The maximum atomic E-state index is 10.9. The van der Waals surface area contributed by atoms with Gasteiger partial charge in [-0.15, -0.1) is 0 Å². The van der Waals surface area contributed by atoms with Crippen LogP contribution in [-0.4, -0.2) is 33.9 Å². The summed E-state index contributed by atoms with van der Waals surface area (Å²) in [5.41, 5.74) is -0.0792. The van der Waals surface area contributed by atoms with Crippen molar-refractivity contribution in [1.82, 2.24) is 9.36 Å². The molecule has 1 aromatic heterocycles. The third kappa shape index (κ3) is 4.09. The molecule has 20 heavy (non-hydrogen) atoms. The van der Waals surface area contributed by atoms with Crippen LogP contribution in [0.15, 0.2) is 5.16 Å². The summed E-state index contributed by atoms with van der Waals surface area (Å²) in [5.74, 6) is 0.114. The number of nitrogens with zero attached hydrogens (tertiary/aromatic N) is 3. The lowest BCUT2D eigenvalue weighted by Gasteiger charge is -2.11. The van der Waals surface area contributed by atoms with Crippen LogP contribution in [0.1, 0.15) is 44.3 Å². The molecular formula is C12H15N4O3S. The summed E-state index contributed by atoms with van der Waals surface area (Å²) in [7, 11) is 0. The molecule has 0 spiro atoms. The van der Waals surface area contributed by atoms with Crippen molar-refractivity contribution in [2.75, 3.05) is 5.32 Å². The molecular weight excluding hydrogens is 280 g/mol. The van der Waals surface area contributed by atoms with E-state index in [2.05, 4.69) is 19.8 Å². The Balaban J connectivity index is 2.00. The Bertz CT molecular complexity index is 481. The van der Waals surface area contributed by atoms with Crippen molar-refractivity contribution in [1.29, 1.82) is 0 Å². The number of nitrogens with one attached hydrogen (secondary N) is 1. The molecule has 1 aliphatic rings. The maximum absolute atomic E-state index is 10.9. The second-order valence-electron chi connectivity index (χ2n) is 4.45. The minimum Gasteiger partial charge on any atom is -0.392 e. The Morgan fingerprint density at radius 2 is 2.15 bits per heavy atom. The summed E-state index contributed by atoms with van der Waals surface area (Å²) in [6, 6.07) is 0. The first-order valence-electron chi connectivity index (χ1n) is 6.49. The van der Waals surface area contributed by atoms with Gasteiger partial charge in [-0.2, -0.15) is 9.36 Å². The van der Waals surface area contributed by atoms with E-state index in [4.69, 9.17) is 4.84 Å². The molecule has 2 rings (SSSR count). The van der Waals surface area contributed by atoms with Crippen molar-refractivity contribution >= 4 is 35.1 Å². The van der Waals surface area contributed by atoms with Crippen LogP contribution in [0.5, 0.6) is 0 Å². The zero-order valence-corrected chi connectivity index (χ0v) is 11.7. The molecule has 0 atom stereocenters. The molecule has 1 amide bonds. The van der Waals surface area contributed by atoms with Crippen molar-refractivity contribution < 1.29 is 14.4 Å². The second kappa shape index (κ2) is 7.68. The van der Waals surface area contributed by atoms with Gasteiger partial charge in [0.1, 0.15) is 6.10 Å². The Hall–Kier alpha value is -1.83. The van der Waals surface area contributed by atoms with Crippen molar-refractivity contribution in [3.8, 4) is 0 Å². The molecule has 1 heterocycles. The molecule has 1 aromatic rings. The number of aromatic nitrogens is 2. The number of carbonyl (C=O) groups excluding carboxylic acids is 2. The summed E-state index contributed by atoms with van der Waals surface area (Å²) in [6.07, 6.45) is 8.74. The average molecular weight is 295 g/mol. The smallest absolute Gasteiger partial charge is 0.261 e. The van der Waals surface area contributed by atoms with E-state index in [1.54, 1.807) is 6.29 Å². The van der Waals surface area contributed by atoms with Gasteiger partial charge in [0.05, 0.1) is 0 Å². The van der Waals surface area contributed by atoms with Gasteiger partial charge in [0, 0.05) is 11.5 Å². The van der Waals surface area contributed by atoms with E-state index in [-0.39, 0.29) is 17.6 Å². The lowest BCUT2D eigenvalue weighted by Crippen LogP contribution is -2.12. The molecule has 1 saturated carbocycles. The lowest BCUT2D eigenvalue weighted by atomic mass is 10.2. The van der Waals surface area contributed by atoms with Crippen LogP contribution in [0.25, 0.3) is 0 Å². The number of anilines is 1. The number of hydrogen-bond donors (Lipinski definition) is 1. The largest absolute Gasteiger partial charge is 0.392 e. The highest BCUT2D eigenvalue weighted by molar-refractivity contribution is 7.10. The SMILES string of the molecule is O=[C]C(=NOC1CCCCCC1)c1nsc(NC=O)n1. The van der Waals surface area contributed by atoms with Gasteiger partial charge >= 0.3 is 0 Å². The number of oxime groups is 1. The zero-order valence-electron chi connectivity index (χ0n) is 10.9. The fraction of sp³-hybridized carbons (Fsp3) is 0.583. The van der Waals surface area contributed by atoms with E-state index < -0.39 is 0 Å². The van der Waals surface area contributed by atoms with Crippen LogP contribution in [0, 0.1) is 0 Å². The maximum Gasteiger partial charge on any atom is 0.261 e. The van der Waals surface area contributed by atoms with Gasteiger partial charge in [-0.3, -0.25) is 9.59 Å². The minimum absolute atomic E-state index is 0.0343. The van der Waals surface area contributed by atoms with Crippen LogP contribution >= 0.6 is 11.5 Å². The quantitative estimate of drug-likeness (QED) is 0.373. The van der Waals surface area contributed by atoms with Crippen molar-refractivity contribution in [3.05, 3.63) is 5.82 Å². The van der Waals surface area contributed by atoms with Crippen LogP contribution < -0.4 is 5.32 Å². The number of rotatable bonds is 6. The van der Waals surface area contributed by atoms with Crippen molar-refractivity contribution in [2.45, 2.75) is 44.6 Å². The predicted octanol–water partition coefficient (Wildman–Crippen LogP) is 1.66. The Kier molecular flexibility index (Phi) is 5.60. The number of hydrogen-bond acceptors (Lipinski definition) is 7. The molecule has 1 fully saturated rings. The molecule has 0 bridgehead atoms. The van der Waals surface area contributed by atoms with Gasteiger partial charge in [-0.05, 0) is 25.7 Å². The fourth-order valence-electron chi connectivity index (χ4n) is 2.01.